The normalized spacial score (nSPS) is 11.9. The van der Waals surface area contributed by atoms with E-state index in [4.69, 9.17) is 4.74 Å². The monoisotopic (exact) mass is 410 g/mol. The van der Waals surface area contributed by atoms with Crippen molar-refractivity contribution in [1.29, 1.82) is 0 Å². The zero-order chi connectivity index (χ0) is 21.7. The summed E-state index contributed by atoms with van der Waals surface area (Å²) in [5.74, 6) is -0.104. The number of rotatable bonds is 7. The third-order valence-electron chi connectivity index (χ3n) is 4.66. The molecule has 0 spiro atoms. The lowest BCUT2D eigenvalue weighted by Crippen LogP contribution is -2.36. The summed E-state index contributed by atoms with van der Waals surface area (Å²) >= 11 is 0. The van der Waals surface area contributed by atoms with Gasteiger partial charge in [-0.05, 0) is 62.1 Å². The number of amides is 1. The number of nitrogens with one attached hydrogen (secondary N) is 1. The Balaban J connectivity index is 1.78. The lowest BCUT2D eigenvalue weighted by Gasteiger charge is -2.25. The summed E-state index contributed by atoms with van der Waals surface area (Å²) in [5, 5.41) is 7.00. The number of methoxy groups -OCH3 is 1. The van der Waals surface area contributed by atoms with E-state index < -0.39 is 17.3 Å². The van der Waals surface area contributed by atoms with Gasteiger partial charge in [-0.3, -0.25) is 9.59 Å². The molecule has 7 nitrogen and oxygen atoms in total. The predicted octanol–water partition coefficient (Wildman–Crippen LogP) is 2.41. The summed E-state index contributed by atoms with van der Waals surface area (Å²) in [6.07, 6.45) is 0. The van der Waals surface area contributed by atoms with Gasteiger partial charge in [0.2, 0.25) is 0 Å². The van der Waals surface area contributed by atoms with Crippen LogP contribution in [0.15, 0.2) is 65.5 Å². The number of hydrogen-bond acceptors (Lipinski definition) is 5. The summed E-state index contributed by atoms with van der Waals surface area (Å²) in [6.45, 7) is 0.330. The number of hydrogen-bond donors (Lipinski definition) is 1. The molecule has 0 aliphatic rings. The van der Waals surface area contributed by atoms with Gasteiger partial charge in [-0.2, -0.15) is 9.78 Å². The minimum absolute atomic E-state index is 0.0853. The SMILES string of the molecule is COc1cccc(C(CNC(=O)c2ccc(=O)n(-c3ccc(F)cc3)n2)N(C)C)c1. The molecular weight excluding hydrogens is 387 g/mol. The lowest BCUT2D eigenvalue weighted by molar-refractivity contribution is 0.0935. The smallest absolute Gasteiger partial charge is 0.271 e. The number of carbonyl (C=O) groups excluding carboxylic acids is 1. The van der Waals surface area contributed by atoms with Crippen molar-refractivity contribution < 1.29 is 13.9 Å². The third kappa shape index (κ3) is 4.90. The number of aromatic nitrogens is 2. The number of halogens is 1. The van der Waals surface area contributed by atoms with E-state index in [1.54, 1.807) is 7.11 Å². The standard InChI is InChI=1S/C22H23FN4O3/c1-26(2)20(15-5-4-6-18(13-15)30-3)14-24-22(29)19-11-12-21(28)27(25-19)17-9-7-16(23)8-10-17/h4-13,20H,14H2,1-3H3,(H,24,29). The van der Waals surface area contributed by atoms with E-state index in [0.29, 0.717) is 12.2 Å². The van der Waals surface area contributed by atoms with Crippen molar-refractivity contribution in [1.82, 2.24) is 20.0 Å². The van der Waals surface area contributed by atoms with Gasteiger partial charge < -0.3 is 15.0 Å². The number of carbonyl (C=O) groups is 1. The highest BCUT2D eigenvalue weighted by Crippen LogP contribution is 2.22. The summed E-state index contributed by atoms with van der Waals surface area (Å²) in [6, 6.07) is 15.5. The molecule has 0 saturated carbocycles. The molecule has 2 aromatic carbocycles. The first-order chi connectivity index (χ1) is 14.4. The van der Waals surface area contributed by atoms with E-state index >= 15 is 0 Å². The minimum Gasteiger partial charge on any atom is -0.497 e. The van der Waals surface area contributed by atoms with Crippen molar-refractivity contribution in [3.63, 3.8) is 0 Å². The number of nitrogens with zero attached hydrogens (tertiary/aromatic N) is 3. The maximum atomic E-state index is 13.2. The van der Waals surface area contributed by atoms with E-state index in [-0.39, 0.29) is 11.7 Å². The molecule has 1 aromatic heterocycles. The topological polar surface area (TPSA) is 76.5 Å². The Bertz CT molecular complexity index is 1080. The molecule has 1 heterocycles. The fourth-order valence-electron chi connectivity index (χ4n) is 3.03. The second-order valence-corrected chi connectivity index (χ2v) is 6.91. The van der Waals surface area contributed by atoms with Crippen LogP contribution in [0.1, 0.15) is 22.1 Å². The maximum absolute atomic E-state index is 13.2. The highest BCUT2D eigenvalue weighted by molar-refractivity contribution is 5.92. The number of ether oxygens (including phenoxy) is 1. The Labute approximate surface area is 173 Å². The summed E-state index contributed by atoms with van der Waals surface area (Å²) in [5.41, 5.74) is 1.03. The molecule has 0 aliphatic heterocycles. The van der Waals surface area contributed by atoms with Crippen LogP contribution in [0.4, 0.5) is 4.39 Å². The summed E-state index contributed by atoms with van der Waals surface area (Å²) < 4.78 is 19.5. The quantitative estimate of drug-likeness (QED) is 0.647. The molecule has 0 radical (unpaired) electrons. The largest absolute Gasteiger partial charge is 0.497 e. The van der Waals surface area contributed by atoms with Gasteiger partial charge in [0.15, 0.2) is 0 Å². The molecule has 0 saturated heterocycles. The second-order valence-electron chi connectivity index (χ2n) is 6.91. The van der Waals surface area contributed by atoms with Crippen LogP contribution in [-0.4, -0.2) is 48.3 Å². The molecule has 0 fully saturated rings. The van der Waals surface area contributed by atoms with Crippen LogP contribution in [0.2, 0.25) is 0 Å². The molecule has 0 aliphatic carbocycles. The summed E-state index contributed by atoms with van der Waals surface area (Å²) in [4.78, 5) is 26.8. The first-order valence-corrected chi connectivity index (χ1v) is 9.34. The van der Waals surface area contributed by atoms with Crippen LogP contribution >= 0.6 is 0 Å². The molecule has 8 heteroatoms. The van der Waals surface area contributed by atoms with Crippen LogP contribution in [0.25, 0.3) is 5.69 Å². The first-order valence-electron chi connectivity index (χ1n) is 9.34. The Morgan fingerprint density at radius 2 is 1.90 bits per heavy atom. The maximum Gasteiger partial charge on any atom is 0.271 e. The van der Waals surface area contributed by atoms with Crippen LogP contribution in [0.3, 0.4) is 0 Å². The Morgan fingerprint density at radius 3 is 2.57 bits per heavy atom. The van der Waals surface area contributed by atoms with Crippen molar-refractivity contribution >= 4 is 5.91 Å². The summed E-state index contributed by atoms with van der Waals surface area (Å²) in [7, 11) is 5.44. The molecule has 156 valence electrons. The van der Waals surface area contributed by atoms with Gasteiger partial charge in [-0.1, -0.05) is 12.1 Å². The first kappa shape index (κ1) is 21.2. The van der Waals surface area contributed by atoms with Crippen LogP contribution in [-0.2, 0) is 0 Å². The van der Waals surface area contributed by atoms with E-state index in [0.717, 1.165) is 16.0 Å². The van der Waals surface area contributed by atoms with Gasteiger partial charge in [0.1, 0.15) is 17.3 Å². The van der Waals surface area contributed by atoms with Gasteiger partial charge >= 0.3 is 0 Å². The average Bonchev–Trinajstić information content (AvgIpc) is 2.74. The van der Waals surface area contributed by atoms with Crippen molar-refractivity contribution in [3.8, 4) is 11.4 Å². The van der Waals surface area contributed by atoms with Gasteiger partial charge in [0.05, 0.1) is 18.8 Å². The van der Waals surface area contributed by atoms with Crippen molar-refractivity contribution in [2.75, 3.05) is 27.7 Å². The fraction of sp³-hybridized carbons (Fsp3) is 0.227. The van der Waals surface area contributed by atoms with Crippen LogP contribution in [0.5, 0.6) is 5.75 Å². The molecule has 1 N–H and O–H groups in total. The van der Waals surface area contributed by atoms with Crippen molar-refractivity contribution in [2.45, 2.75) is 6.04 Å². The van der Waals surface area contributed by atoms with Crippen LogP contribution in [0, 0.1) is 5.82 Å². The van der Waals surface area contributed by atoms with Crippen molar-refractivity contribution in [2.24, 2.45) is 0 Å². The molecule has 3 aromatic rings. The zero-order valence-corrected chi connectivity index (χ0v) is 17.0. The molecule has 3 rings (SSSR count). The number of likely N-dealkylation sites (N-methyl/N-ethyl adjacent to an activating group) is 1. The fourth-order valence-corrected chi connectivity index (χ4v) is 3.03. The molecule has 0 bridgehead atoms. The highest BCUT2D eigenvalue weighted by Gasteiger charge is 2.18. The average molecular weight is 410 g/mol. The minimum atomic E-state index is -0.423. The Kier molecular flexibility index (Phi) is 6.58. The lowest BCUT2D eigenvalue weighted by atomic mass is 10.1. The van der Waals surface area contributed by atoms with E-state index in [1.165, 1.54) is 36.4 Å². The van der Waals surface area contributed by atoms with Gasteiger partial charge in [0, 0.05) is 12.6 Å². The second kappa shape index (κ2) is 9.32. The molecular formula is C22H23FN4O3. The van der Waals surface area contributed by atoms with Gasteiger partial charge in [-0.15, -0.1) is 0 Å². The van der Waals surface area contributed by atoms with Gasteiger partial charge in [-0.25, -0.2) is 4.39 Å². The van der Waals surface area contributed by atoms with E-state index in [9.17, 15) is 14.0 Å². The zero-order valence-electron chi connectivity index (χ0n) is 17.0. The molecule has 1 atom stereocenters. The highest BCUT2D eigenvalue weighted by atomic mass is 19.1. The molecule has 30 heavy (non-hydrogen) atoms. The van der Waals surface area contributed by atoms with Gasteiger partial charge in [0.25, 0.3) is 11.5 Å². The third-order valence-corrected chi connectivity index (χ3v) is 4.66. The van der Waals surface area contributed by atoms with Crippen molar-refractivity contribution in [3.05, 3.63) is 88.1 Å². The Hall–Kier alpha value is -3.52. The molecule has 1 amide bonds. The Morgan fingerprint density at radius 1 is 1.17 bits per heavy atom. The van der Waals surface area contributed by atoms with Crippen LogP contribution < -0.4 is 15.6 Å². The number of benzene rings is 2. The molecule has 1 unspecified atom stereocenters. The van der Waals surface area contributed by atoms with E-state index in [2.05, 4.69) is 10.4 Å². The van der Waals surface area contributed by atoms with E-state index in [1.807, 2.05) is 43.3 Å². The predicted molar refractivity (Wildman–Crippen MR) is 112 cm³/mol.